The van der Waals surface area contributed by atoms with Crippen molar-refractivity contribution in [2.75, 3.05) is 0 Å². The van der Waals surface area contributed by atoms with Crippen LogP contribution in [0.1, 0.15) is 58.8 Å². The van der Waals surface area contributed by atoms with Crippen molar-refractivity contribution in [3.05, 3.63) is 0 Å². The van der Waals surface area contributed by atoms with Gasteiger partial charge in [0.1, 0.15) is 0 Å². The predicted molar refractivity (Wildman–Crippen MR) is 50.6 cm³/mol. The zero-order chi connectivity index (χ0) is 8.10. The van der Waals surface area contributed by atoms with Gasteiger partial charge in [-0.3, -0.25) is 0 Å². The van der Waals surface area contributed by atoms with Gasteiger partial charge in [0.25, 0.3) is 0 Å². The van der Waals surface area contributed by atoms with Gasteiger partial charge in [0.05, 0.1) is 0 Å². The van der Waals surface area contributed by atoms with Crippen LogP contribution in [0, 0.1) is 11.8 Å². The molecule has 2 atom stereocenters. The molecular formula is C11H22. The highest BCUT2D eigenvalue weighted by Crippen LogP contribution is 2.39. The smallest absolute Gasteiger partial charge is 0.0386 e. The van der Waals surface area contributed by atoms with E-state index in [-0.39, 0.29) is 0 Å². The Bertz CT molecular complexity index is 94.2. The molecule has 2 unspecified atom stereocenters. The van der Waals surface area contributed by atoms with Gasteiger partial charge < -0.3 is 0 Å². The Morgan fingerprint density at radius 1 is 1.00 bits per heavy atom. The molecule has 0 aliphatic heterocycles. The van der Waals surface area contributed by atoms with Crippen molar-refractivity contribution >= 4 is 0 Å². The van der Waals surface area contributed by atoms with E-state index in [1.54, 1.807) is 0 Å². The maximum absolute atomic E-state index is 2.34. The van der Waals surface area contributed by atoms with E-state index < -0.39 is 0 Å². The molecule has 0 aromatic carbocycles. The highest BCUT2D eigenvalue weighted by molar-refractivity contribution is 4.79. The lowest BCUT2D eigenvalue weighted by atomic mass is 9.70. The van der Waals surface area contributed by atoms with E-state index in [2.05, 4.69) is 13.8 Å². The molecule has 1 fully saturated rings. The van der Waals surface area contributed by atoms with Crippen LogP contribution in [0.4, 0.5) is 0 Å². The van der Waals surface area contributed by atoms with Crippen molar-refractivity contribution < 1.29 is 0 Å². The first-order valence-electron chi connectivity index (χ1n) is 5.38. The van der Waals surface area contributed by atoms with Crippen molar-refractivity contribution in [1.29, 1.82) is 0 Å². The van der Waals surface area contributed by atoms with Crippen LogP contribution in [0.5, 0.6) is 0 Å². The van der Waals surface area contributed by atoms with Gasteiger partial charge in [-0.1, -0.05) is 46.0 Å². The minimum Gasteiger partial charge on any atom is -0.0654 e. The third-order valence-electron chi connectivity index (χ3n) is 3.28. The molecule has 66 valence electrons. The van der Waals surface area contributed by atoms with Crippen LogP contribution in [-0.2, 0) is 0 Å². The Kier molecular flexibility index (Phi) is 3.96. The monoisotopic (exact) mass is 154 g/mol. The van der Waals surface area contributed by atoms with E-state index in [4.69, 9.17) is 0 Å². The number of rotatable bonds is 5. The summed E-state index contributed by atoms with van der Waals surface area (Å²) < 4.78 is 0. The number of hydrogen-bond donors (Lipinski definition) is 0. The summed E-state index contributed by atoms with van der Waals surface area (Å²) in [4.78, 5) is 0. The maximum Gasteiger partial charge on any atom is -0.0386 e. The molecular weight excluding hydrogens is 132 g/mol. The van der Waals surface area contributed by atoms with E-state index in [9.17, 15) is 0 Å². The summed E-state index contributed by atoms with van der Waals surface area (Å²) in [6, 6.07) is 0. The van der Waals surface area contributed by atoms with Crippen LogP contribution in [0.25, 0.3) is 0 Å². The highest BCUT2D eigenvalue weighted by atomic mass is 14.3. The fourth-order valence-corrected chi connectivity index (χ4v) is 2.21. The maximum atomic E-state index is 2.34. The van der Waals surface area contributed by atoms with E-state index in [0.29, 0.717) is 0 Å². The second-order valence-corrected chi connectivity index (χ2v) is 4.00. The summed E-state index contributed by atoms with van der Waals surface area (Å²) in [5, 5.41) is 0. The average Bonchev–Trinajstić information content (AvgIpc) is 1.97. The minimum absolute atomic E-state index is 1.10. The molecule has 0 N–H and O–H groups in total. The fraction of sp³-hybridized carbons (Fsp3) is 1.00. The molecule has 0 heterocycles. The Balaban J connectivity index is 1.98. The molecule has 1 rings (SSSR count). The first-order valence-corrected chi connectivity index (χ1v) is 5.38. The molecule has 1 aliphatic carbocycles. The standard InChI is InChI=1S/C11H22/c1-3-5-6-7-11-9-8-10(11)4-2/h10-11H,3-9H2,1-2H3. The summed E-state index contributed by atoms with van der Waals surface area (Å²) in [7, 11) is 0. The molecule has 0 aromatic rings. The first-order chi connectivity index (χ1) is 5.38. The summed E-state index contributed by atoms with van der Waals surface area (Å²) in [5.74, 6) is 2.22. The predicted octanol–water partition coefficient (Wildman–Crippen LogP) is 4.00. The van der Waals surface area contributed by atoms with Crippen molar-refractivity contribution in [3.8, 4) is 0 Å². The molecule has 0 heteroatoms. The quantitative estimate of drug-likeness (QED) is 0.525. The van der Waals surface area contributed by atoms with E-state index in [0.717, 1.165) is 11.8 Å². The molecule has 0 amide bonds. The Labute approximate surface area is 71.4 Å². The van der Waals surface area contributed by atoms with Crippen LogP contribution in [0.15, 0.2) is 0 Å². The molecule has 0 saturated heterocycles. The lowest BCUT2D eigenvalue weighted by molar-refractivity contribution is 0.155. The molecule has 0 spiro atoms. The van der Waals surface area contributed by atoms with Gasteiger partial charge in [-0.05, 0) is 24.7 Å². The van der Waals surface area contributed by atoms with E-state index >= 15 is 0 Å². The van der Waals surface area contributed by atoms with E-state index in [1.807, 2.05) is 0 Å². The van der Waals surface area contributed by atoms with Crippen molar-refractivity contribution in [3.63, 3.8) is 0 Å². The molecule has 0 aromatic heterocycles. The fourth-order valence-electron chi connectivity index (χ4n) is 2.21. The minimum atomic E-state index is 1.10. The lowest BCUT2D eigenvalue weighted by Crippen LogP contribution is -2.24. The van der Waals surface area contributed by atoms with Crippen LogP contribution in [-0.4, -0.2) is 0 Å². The molecule has 0 nitrogen and oxygen atoms in total. The van der Waals surface area contributed by atoms with Gasteiger partial charge in [0.2, 0.25) is 0 Å². The molecule has 11 heavy (non-hydrogen) atoms. The first kappa shape index (κ1) is 9.09. The van der Waals surface area contributed by atoms with Crippen molar-refractivity contribution in [1.82, 2.24) is 0 Å². The van der Waals surface area contributed by atoms with Gasteiger partial charge in [-0.15, -0.1) is 0 Å². The lowest BCUT2D eigenvalue weighted by Gasteiger charge is -2.36. The van der Waals surface area contributed by atoms with Crippen LogP contribution in [0.3, 0.4) is 0 Å². The van der Waals surface area contributed by atoms with Gasteiger partial charge in [0.15, 0.2) is 0 Å². The molecule has 1 saturated carbocycles. The van der Waals surface area contributed by atoms with Crippen LogP contribution < -0.4 is 0 Å². The normalized spacial score (nSPS) is 30.0. The molecule has 0 bridgehead atoms. The summed E-state index contributed by atoms with van der Waals surface area (Å²) in [6.07, 6.45) is 10.3. The van der Waals surface area contributed by atoms with Gasteiger partial charge in [0, 0.05) is 0 Å². The van der Waals surface area contributed by atoms with E-state index in [1.165, 1.54) is 44.9 Å². The Morgan fingerprint density at radius 2 is 1.73 bits per heavy atom. The third-order valence-corrected chi connectivity index (χ3v) is 3.28. The van der Waals surface area contributed by atoms with Gasteiger partial charge >= 0.3 is 0 Å². The number of hydrogen-bond acceptors (Lipinski definition) is 0. The van der Waals surface area contributed by atoms with Crippen molar-refractivity contribution in [2.45, 2.75) is 58.8 Å². The Morgan fingerprint density at radius 3 is 2.18 bits per heavy atom. The summed E-state index contributed by atoms with van der Waals surface area (Å²) >= 11 is 0. The molecule has 0 radical (unpaired) electrons. The summed E-state index contributed by atoms with van der Waals surface area (Å²) in [5.41, 5.74) is 0. The zero-order valence-electron chi connectivity index (χ0n) is 8.10. The molecule has 1 aliphatic rings. The largest absolute Gasteiger partial charge is 0.0654 e. The Hall–Kier alpha value is 0. The second kappa shape index (κ2) is 4.79. The second-order valence-electron chi connectivity index (χ2n) is 4.00. The third kappa shape index (κ3) is 2.50. The zero-order valence-corrected chi connectivity index (χ0v) is 8.10. The highest BCUT2D eigenvalue weighted by Gasteiger charge is 2.27. The van der Waals surface area contributed by atoms with Crippen LogP contribution >= 0.6 is 0 Å². The average molecular weight is 154 g/mol. The summed E-state index contributed by atoms with van der Waals surface area (Å²) in [6.45, 7) is 4.63. The van der Waals surface area contributed by atoms with Crippen molar-refractivity contribution in [2.24, 2.45) is 11.8 Å². The number of unbranched alkanes of at least 4 members (excludes halogenated alkanes) is 2. The van der Waals surface area contributed by atoms with Gasteiger partial charge in [-0.2, -0.15) is 0 Å². The SMILES string of the molecule is CCCCCC1CCC1CC. The van der Waals surface area contributed by atoms with Crippen LogP contribution in [0.2, 0.25) is 0 Å². The topological polar surface area (TPSA) is 0 Å². The van der Waals surface area contributed by atoms with Gasteiger partial charge in [-0.25, -0.2) is 0 Å².